The number of nitrogens with one attached hydrogen (secondary N) is 1. The molecule has 21 heavy (non-hydrogen) atoms. The van der Waals surface area contributed by atoms with Crippen molar-refractivity contribution >= 4 is 0 Å². The Balaban J connectivity index is 1.88. The van der Waals surface area contributed by atoms with Crippen molar-refractivity contribution < 1.29 is 14.6 Å². The van der Waals surface area contributed by atoms with Gasteiger partial charge in [0.1, 0.15) is 5.75 Å². The maximum absolute atomic E-state index is 9.78. The Bertz CT molecular complexity index is 769. The molecule has 0 spiro atoms. The molecule has 1 atom stereocenters. The zero-order chi connectivity index (χ0) is 14.0. The van der Waals surface area contributed by atoms with Gasteiger partial charge in [0.2, 0.25) is 6.79 Å². The van der Waals surface area contributed by atoms with Gasteiger partial charge in [-0.05, 0) is 59.8 Å². The Kier molecular flexibility index (Phi) is 2.14. The molecule has 0 saturated heterocycles. The average Bonchev–Trinajstić information content (AvgIpc) is 2.94. The van der Waals surface area contributed by atoms with Crippen molar-refractivity contribution in [2.75, 3.05) is 13.3 Å². The molecule has 1 unspecified atom stereocenters. The molecular formula is C17H15NO3. The fourth-order valence-corrected chi connectivity index (χ4v) is 3.85. The number of benzene rings is 2. The van der Waals surface area contributed by atoms with Crippen molar-refractivity contribution in [2.24, 2.45) is 0 Å². The number of hydrogen-bond donors (Lipinski definition) is 2. The molecule has 2 heterocycles. The van der Waals surface area contributed by atoms with Crippen molar-refractivity contribution in [3.8, 4) is 28.4 Å². The van der Waals surface area contributed by atoms with E-state index in [2.05, 4.69) is 11.4 Å². The van der Waals surface area contributed by atoms with Crippen LogP contribution >= 0.6 is 0 Å². The Morgan fingerprint density at radius 3 is 3.05 bits per heavy atom. The van der Waals surface area contributed by atoms with E-state index >= 15 is 0 Å². The van der Waals surface area contributed by atoms with Crippen LogP contribution in [0.25, 0.3) is 11.1 Å². The molecule has 0 fully saturated rings. The van der Waals surface area contributed by atoms with Crippen molar-refractivity contribution in [1.82, 2.24) is 5.32 Å². The minimum Gasteiger partial charge on any atom is -0.508 e. The third-order valence-corrected chi connectivity index (χ3v) is 4.70. The number of phenols is 1. The van der Waals surface area contributed by atoms with E-state index in [-0.39, 0.29) is 6.79 Å². The quantitative estimate of drug-likeness (QED) is 0.779. The molecule has 5 rings (SSSR count). The van der Waals surface area contributed by atoms with Gasteiger partial charge in [0.15, 0.2) is 11.5 Å². The van der Waals surface area contributed by atoms with Gasteiger partial charge in [-0.1, -0.05) is 6.07 Å². The van der Waals surface area contributed by atoms with Crippen LogP contribution in [-0.2, 0) is 12.8 Å². The lowest BCUT2D eigenvalue weighted by molar-refractivity contribution is 0.174. The first-order valence-electron chi connectivity index (χ1n) is 7.32. The third kappa shape index (κ3) is 1.48. The average molecular weight is 281 g/mol. The standard InChI is InChI=1S/C17H15NO3/c19-11-1-2-12-10(5-11)6-13-15-9(3-4-18-13)7-14-17(16(12)15)21-8-20-14/h1-2,5,7,13,18-19H,3-4,6,8H2. The molecule has 0 amide bonds. The van der Waals surface area contributed by atoms with Crippen molar-refractivity contribution in [1.29, 1.82) is 0 Å². The van der Waals surface area contributed by atoms with E-state index in [1.165, 1.54) is 11.1 Å². The Morgan fingerprint density at radius 2 is 2.10 bits per heavy atom. The predicted molar refractivity (Wildman–Crippen MR) is 77.8 cm³/mol. The summed E-state index contributed by atoms with van der Waals surface area (Å²) in [5, 5.41) is 13.4. The van der Waals surface area contributed by atoms with Gasteiger partial charge in [-0.25, -0.2) is 0 Å². The normalized spacial score (nSPS) is 20.9. The summed E-state index contributed by atoms with van der Waals surface area (Å²) in [5.74, 6) is 2.03. The second-order valence-electron chi connectivity index (χ2n) is 5.86. The maximum Gasteiger partial charge on any atom is 0.231 e. The van der Waals surface area contributed by atoms with E-state index in [0.717, 1.165) is 47.6 Å². The van der Waals surface area contributed by atoms with Crippen LogP contribution in [0.3, 0.4) is 0 Å². The van der Waals surface area contributed by atoms with Gasteiger partial charge < -0.3 is 19.9 Å². The first-order valence-corrected chi connectivity index (χ1v) is 7.32. The minimum absolute atomic E-state index is 0.288. The zero-order valence-corrected chi connectivity index (χ0v) is 11.5. The summed E-state index contributed by atoms with van der Waals surface area (Å²) in [4.78, 5) is 0. The summed E-state index contributed by atoms with van der Waals surface area (Å²) in [6.07, 6.45) is 1.92. The van der Waals surface area contributed by atoms with E-state index < -0.39 is 0 Å². The van der Waals surface area contributed by atoms with Crippen LogP contribution in [0.15, 0.2) is 24.3 Å². The van der Waals surface area contributed by atoms with Crippen LogP contribution in [0.1, 0.15) is 22.7 Å². The highest BCUT2D eigenvalue weighted by molar-refractivity contribution is 5.84. The largest absolute Gasteiger partial charge is 0.508 e. The molecule has 106 valence electrons. The molecule has 0 aromatic heterocycles. The van der Waals surface area contributed by atoms with Gasteiger partial charge in [-0.3, -0.25) is 0 Å². The number of aromatic hydroxyl groups is 1. The van der Waals surface area contributed by atoms with Gasteiger partial charge in [0.05, 0.1) is 0 Å². The number of rotatable bonds is 0. The highest BCUT2D eigenvalue weighted by atomic mass is 16.7. The Morgan fingerprint density at radius 1 is 1.14 bits per heavy atom. The first-order chi connectivity index (χ1) is 10.3. The van der Waals surface area contributed by atoms with Gasteiger partial charge in [-0.2, -0.15) is 0 Å². The molecule has 2 aromatic carbocycles. The lowest BCUT2D eigenvalue weighted by atomic mass is 9.77. The molecule has 4 nitrogen and oxygen atoms in total. The highest BCUT2D eigenvalue weighted by Gasteiger charge is 2.35. The maximum atomic E-state index is 9.78. The molecule has 1 aliphatic carbocycles. The van der Waals surface area contributed by atoms with Crippen LogP contribution in [-0.4, -0.2) is 18.4 Å². The van der Waals surface area contributed by atoms with E-state index in [1.54, 1.807) is 6.07 Å². The predicted octanol–water partition coefficient (Wildman–Crippen LogP) is 2.53. The van der Waals surface area contributed by atoms with E-state index in [4.69, 9.17) is 9.47 Å². The van der Waals surface area contributed by atoms with Crippen LogP contribution in [0, 0.1) is 0 Å². The summed E-state index contributed by atoms with van der Waals surface area (Å²) in [7, 11) is 0. The molecular weight excluding hydrogens is 266 g/mol. The lowest BCUT2D eigenvalue weighted by Gasteiger charge is -2.34. The molecule has 2 N–H and O–H groups in total. The van der Waals surface area contributed by atoms with Crippen LogP contribution < -0.4 is 14.8 Å². The molecule has 0 saturated carbocycles. The summed E-state index contributed by atoms with van der Waals surface area (Å²) in [5.41, 5.74) is 6.18. The monoisotopic (exact) mass is 281 g/mol. The molecule has 3 aliphatic rings. The Hall–Kier alpha value is -2.20. The van der Waals surface area contributed by atoms with Gasteiger partial charge in [0, 0.05) is 11.6 Å². The lowest BCUT2D eigenvalue weighted by Crippen LogP contribution is -2.33. The van der Waals surface area contributed by atoms with Crippen molar-refractivity contribution in [2.45, 2.75) is 18.9 Å². The fraction of sp³-hybridized carbons (Fsp3) is 0.294. The number of ether oxygens (including phenoxy) is 2. The van der Waals surface area contributed by atoms with E-state index in [1.807, 2.05) is 12.1 Å². The summed E-state index contributed by atoms with van der Waals surface area (Å²) in [6, 6.07) is 8.04. The first kappa shape index (κ1) is 11.5. The zero-order valence-electron chi connectivity index (χ0n) is 11.5. The second kappa shape index (κ2) is 3.92. The molecule has 4 heteroatoms. The van der Waals surface area contributed by atoms with Crippen LogP contribution in [0.4, 0.5) is 0 Å². The van der Waals surface area contributed by atoms with E-state index in [0.29, 0.717) is 11.8 Å². The van der Waals surface area contributed by atoms with Gasteiger partial charge >= 0.3 is 0 Å². The fourth-order valence-electron chi connectivity index (χ4n) is 3.85. The molecule has 0 bridgehead atoms. The van der Waals surface area contributed by atoms with Gasteiger partial charge in [0.25, 0.3) is 0 Å². The summed E-state index contributed by atoms with van der Waals surface area (Å²) >= 11 is 0. The van der Waals surface area contributed by atoms with Gasteiger partial charge in [-0.15, -0.1) is 0 Å². The smallest absolute Gasteiger partial charge is 0.231 e. The molecule has 2 aliphatic heterocycles. The Labute approximate surface area is 122 Å². The van der Waals surface area contributed by atoms with Crippen molar-refractivity contribution in [3.05, 3.63) is 41.0 Å². The summed E-state index contributed by atoms with van der Waals surface area (Å²) < 4.78 is 11.4. The van der Waals surface area contributed by atoms with Crippen LogP contribution in [0.5, 0.6) is 17.2 Å². The summed E-state index contributed by atoms with van der Waals surface area (Å²) in [6.45, 7) is 1.27. The third-order valence-electron chi connectivity index (χ3n) is 4.70. The minimum atomic E-state index is 0.288. The second-order valence-corrected chi connectivity index (χ2v) is 5.86. The van der Waals surface area contributed by atoms with Crippen molar-refractivity contribution in [3.63, 3.8) is 0 Å². The number of fused-ring (bicyclic) bond motifs is 4. The molecule has 2 aromatic rings. The topological polar surface area (TPSA) is 50.7 Å². The number of hydrogen-bond acceptors (Lipinski definition) is 4. The SMILES string of the molecule is Oc1ccc2c(c1)CC1NCCc3cc4c(c-2c31)OCO4. The van der Waals surface area contributed by atoms with E-state index in [9.17, 15) is 5.11 Å². The highest BCUT2D eigenvalue weighted by Crippen LogP contribution is 2.52. The number of phenolic OH excluding ortho intramolecular Hbond substituents is 1. The van der Waals surface area contributed by atoms with Crippen LogP contribution in [0.2, 0.25) is 0 Å². The molecule has 0 radical (unpaired) electrons.